The molecule has 1 rings (SSSR count). The maximum Gasteiger partial charge on any atom is 0.328 e. The molecule has 0 saturated heterocycles. The van der Waals surface area contributed by atoms with Gasteiger partial charge in [0.05, 0.1) is 0 Å². The summed E-state index contributed by atoms with van der Waals surface area (Å²) in [6, 6.07) is 7.39. The number of hydrogen-bond donors (Lipinski definition) is 3. The van der Waals surface area contributed by atoms with Crippen molar-refractivity contribution in [3.05, 3.63) is 35.9 Å². The van der Waals surface area contributed by atoms with Crippen molar-refractivity contribution in [2.45, 2.75) is 26.3 Å². The maximum atomic E-state index is 11.7. The Balaban J connectivity index is 2.53. The van der Waals surface area contributed by atoms with Gasteiger partial charge in [-0.25, -0.2) is 4.79 Å². The molecule has 1 aromatic rings. The van der Waals surface area contributed by atoms with Crippen LogP contribution in [0.15, 0.2) is 30.3 Å². The van der Waals surface area contributed by atoms with E-state index in [1.54, 1.807) is 24.3 Å². The third kappa shape index (κ3) is 6.70. The number of benzene rings is 1. The standard InChI is InChI=1S/C15H20N2O3/c1-11(2)16-9-8-14(18)17-13-5-3-4-12(10-13)6-7-15(19)20/h3-7,10-11,16H,8-9H2,1-2H3,(H,17,18)(H,19,20)/b7-6+. The molecule has 0 radical (unpaired) electrons. The average molecular weight is 276 g/mol. The average Bonchev–Trinajstić information content (AvgIpc) is 2.36. The van der Waals surface area contributed by atoms with Crippen molar-refractivity contribution in [3.8, 4) is 0 Å². The van der Waals surface area contributed by atoms with Gasteiger partial charge in [0.1, 0.15) is 0 Å². The van der Waals surface area contributed by atoms with Gasteiger partial charge < -0.3 is 15.7 Å². The Hall–Kier alpha value is -2.14. The summed E-state index contributed by atoms with van der Waals surface area (Å²) >= 11 is 0. The van der Waals surface area contributed by atoms with Gasteiger partial charge in [-0.05, 0) is 23.8 Å². The molecular formula is C15H20N2O3. The van der Waals surface area contributed by atoms with E-state index in [1.807, 2.05) is 13.8 Å². The minimum atomic E-state index is -1.00. The summed E-state index contributed by atoms with van der Waals surface area (Å²) in [5.74, 6) is -1.07. The molecule has 3 N–H and O–H groups in total. The molecule has 20 heavy (non-hydrogen) atoms. The van der Waals surface area contributed by atoms with E-state index in [2.05, 4.69) is 10.6 Å². The normalized spacial score (nSPS) is 10.9. The van der Waals surface area contributed by atoms with Crippen molar-refractivity contribution >= 4 is 23.6 Å². The first kappa shape index (κ1) is 15.9. The van der Waals surface area contributed by atoms with Crippen LogP contribution >= 0.6 is 0 Å². The summed E-state index contributed by atoms with van der Waals surface area (Å²) in [5.41, 5.74) is 1.39. The van der Waals surface area contributed by atoms with Crippen LogP contribution in [0.3, 0.4) is 0 Å². The lowest BCUT2D eigenvalue weighted by Gasteiger charge is -2.09. The van der Waals surface area contributed by atoms with Crippen LogP contribution in [-0.2, 0) is 9.59 Å². The predicted octanol–water partition coefficient (Wildman–Crippen LogP) is 2.11. The molecule has 0 saturated carbocycles. The van der Waals surface area contributed by atoms with E-state index in [9.17, 15) is 9.59 Å². The number of carboxylic acids is 1. The minimum absolute atomic E-state index is 0.0717. The number of anilines is 1. The highest BCUT2D eigenvalue weighted by Gasteiger charge is 2.03. The van der Waals surface area contributed by atoms with E-state index in [0.717, 1.165) is 11.6 Å². The smallest absolute Gasteiger partial charge is 0.328 e. The number of amides is 1. The van der Waals surface area contributed by atoms with Gasteiger partial charge in [-0.3, -0.25) is 4.79 Å². The van der Waals surface area contributed by atoms with Crippen LogP contribution in [0.1, 0.15) is 25.8 Å². The lowest BCUT2D eigenvalue weighted by Crippen LogP contribution is -2.27. The van der Waals surface area contributed by atoms with E-state index in [-0.39, 0.29) is 5.91 Å². The SMILES string of the molecule is CC(C)NCCC(=O)Nc1cccc(/C=C/C(=O)O)c1. The van der Waals surface area contributed by atoms with E-state index < -0.39 is 5.97 Å². The summed E-state index contributed by atoms with van der Waals surface area (Å²) in [4.78, 5) is 22.2. The summed E-state index contributed by atoms with van der Waals surface area (Å²) in [5, 5.41) is 14.5. The molecule has 1 amide bonds. The Morgan fingerprint density at radius 1 is 1.35 bits per heavy atom. The first-order valence-electron chi connectivity index (χ1n) is 6.51. The number of carbonyl (C=O) groups excluding carboxylic acids is 1. The molecule has 0 aliphatic heterocycles. The molecule has 0 aliphatic carbocycles. The molecule has 108 valence electrons. The van der Waals surface area contributed by atoms with Crippen LogP contribution in [-0.4, -0.2) is 29.6 Å². The molecule has 5 heteroatoms. The topological polar surface area (TPSA) is 78.4 Å². The third-order valence-electron chi connectivity index (χ3n) is 2.49. The first-order valence-corrected chi connectivity index (χ1v) is 6.51. The zero-order valence-corrected chi connectivity index (χ0v) is 11.7. The Labute approximate surface area is 118 Å². The van der Waals surface area contributed by atoms with Gasteiger partial charge in [-0.1, -0.05) is 26.0 Å². The Morgan fingerprint density at radius 2 is 2.10 bits per heavy atom. The van der Waals surface area contributed by atoms with Crippen LogP contribution < -0.4 is 10.6 Å². The van der Waals surface area contributed by atoms with Gasteiger partial charge in [0.25, 0.3) is 0 Å². The monoisotopic (exact) mass is 276 g/mol. The summed E-state index contributed by atoms with van der Waals surface area (Å²) in [6.07, 6.45) is 2.94. The first-order chi connectivity index (χ1) is 9.47. The van der Waals surface area contributed by atoms with Crippen molar-refractivity contribution in [3.63, 3.8) is 0 Å². The third-order valence-corrected chi connectivity index (χ3v) is 2.49. The Morgan fingerprint density at radius 3 is 2.75 bits per heavy atom. The molecule has 0 atom stereocenters. The minimum Gasteiger partial charge on any atom is -0.478 e. The van der Waals surface area contributed by atoms with E-state index in [0.29, 0.717) is 24.7 Å². The molecule has 0 heterocycles. The fourth-order valence-electron chi connectivity index (χ4n) is 1.59. The van der Waals surface area contributed by atoms with Crippen LogP contribution in [0.25, 0.3) is 6.08 Å². The van der Waals surface area contributed by atoms with Crippen molar-refractivity contribution in [2.75, 3.05) is 11.9 Å². The molecule has 0 aliphatic rings. The maximum absolute atomic E-state index is 11.7. The van der Waals surface area contributed by atoms with Crippen molar-refractivity contribution < 1.29 is 14.7 Å². The van der Waals surface area contributed by atoms with E-state index >= 15 is 0 Å². The van der Waals surface area contributed by atoms with Crippen LogP contribution in [0.5, 0.6) is 0 Å². The van der Waals surface area contributed by atoms with Gasteiger partial charge in [0, 0.05) is 30.8 Å². The summed E-state index contributed by atoms with van der Waals surface area (Å²) in [6.45, 7) is 4.68. The van der Waals surface area contributed by atoms with Gasteiger partial charge in [0.15, 0.2) is 0 Å². The second-order valence-corrected chi connectivity index (χ2v) is 4.70. The van der Waals surface area contributed by atoms with Gasteiger partial charge in [-0.15, -0.1) is 0 Å². The molecular weight excluding hydrogens is 256 g/mol. The number of carboxylic acid groups (broad SMARTS) is 1. The van der Waals surface area contributed by atoms with Crippen LogP contribution in [0.2, 0.25) is 0 Å². The van der Waals surface area contributed by atoms with E-state index in [1.165, 1.54) is 6.08 Å². The molecule has 1 aromatic carbocycles. The number of hydrogen-bond acceptors (Lipinski definition) is 3. The number of rotatable bonds is 7. The number of carbonyl (C=O) groups is 2. The molecule has 5 nitrogen and oxygen atoms in total. The lowest BCUT2D eigenvalue weighted by atomic mass is 10.2. The quantitative estimate of drug-likeness (QED) is 0.666. The highest BCUT2D eigenvalue weighted by Crippen LogP contribution is 2.12. The second-order valence-electron chi connectivity index (χ2n) is 4.70. The lowest BCUT2D eigenvalue weighted by molar-refractivity contribution is -0.131. The molecule has 0 fully saturated rings. The van der Waals surface area contributed by atoms with Gasteiger partial charge in [0.2, 0.25) is 5.91 Å². The largest absolute Gasteiger partial charge is 0.478 e. The molecule has 0 bridgehead atoms. The summed E-state index contributed by atoms with van der Waals surface area (Å²) in [7, 11) is 0. The second kappa shape index (κ2) is 8.12. The van der Waals surface area contributed by atoms with Crippen molar-refractivity contribution in [1.82, 2.24) is 5.32 Å². The van der Waals surface area contributed by atoms with Crippen molar-refractivity contribution in [1.29, 1.82) is 0 Å². The van der Waals surface area contributed by atoms with Crippen LogP contribution in [0.4, 0.5) is 5.69 Å². The Kier molecular flexibility index (Phi) is 6.46. The predicted molar refractivity (Wildman–Crippen MR) is 79.5 cm³/mol. The highest BCUT2D eigenvalue weighted by molar-refractivity contribution is 5.91. The van der Waals surface area contributed by atoms with E-state index in [4.69, 9.17) is 5.11 Å². The van der Waals surface area contributed by atoms with Crippen LogP contribution in [0, 0.1) is 0 Å². The zero-order chi connectivity index (χ0) is 15.0. The number of nitrogens with one attached hydrogen (secondary N) is 2. The number of aliphatic carboxylic acids is 1. The molecule has 0 aromatic heterocycles. The van der Waals surface area contributed by atoms with Gasteiger partial charge >= 0.3 is 5.97 Å². The summed E-state index contributed by atoms with van der Waals surface area (Å²) < 4.78 is 0. The fourth-order valence-corrected chi connectivity index (χ4v) is 1.59. The van der Waals surface area contributed by atoms with Gasteiger partial charge in [-0.2, -0.15) is 0 Å². The van der Waals surface area contributed by atoms with Crippen molar-refractivity contribution in [2.24, 2.45) is 0 Å². The zero-order valence-electron chi connectivity index (χ0n) is 11.7. The molecule has 0 spiro atoms. The highest BCUT2D eigenvalue weighted by atomic mass is 16.4. The molecule has 0 unspecified atom stereocenters. The fraction of sp³-hybridized carbons (Fsp3) is 0.333. The Bertz CT molecular complexity index is 496.